The van der Waals surface area contributed by atoms with Crippen LogP contribution in [0, 0.1) is 0 Å². The summed E-state index contributed by atoms with van der Waals surface area (Å²) in [5.74, 6) is 0.635. The molecule has 0 bridgehead atoms. The van der Waals surface area contributed by atoms with Gasteiger partial charge in [-0.1, -0.05) is 36.4 Å². The standard InChI is InChI=1S/C15H17NO3S/c1-19-15-8-7-14(11-16-15)12-20(17,18)10-9-13-5-3-2-4-6-13/h2-8,11H,9-10,12H2,1H3. The lowest BCUT2D eigenvalue weighted by molar-refractivity contribution is 0.397. The molecule has 0 aliphatic carbocycles. The molecule has 0 N–H and O–H groups in total. The number of nitrogens with zero attached hydrogens (tertiary/aromatic N) is 1. The van der Waals surface area contributed by atoms with Crippen LogP contribution in [0.1, 0.15) is 11.1 Å². The van der Waals surface area contributed by atoms with Crippen molar-refractivity contribution in [2.75, 3.05) is 12.9 Å². The highest BCUT2D eigenvalue weighted by molar-refractivity contribution is 7.90. The molecule has 106 valence electrons. The van der Waals surface area contributed by atoms with Crippen molar-refractivity contribution in [3.05, 3.63) is 59.8 Å². The Balaban J connectivity index is 1.96. The summed E-state index contributed by atoms with van der Waals surface area (Å²) in [7, 11) is -1.61. The first-order valence-corrected chi connectivity index (χ1v) is 8.14. The SMILES string of the molecule is COc1ccc(CS(=O)(=O)CCc2ccccc2)cn1. The van der Waals surface area contributed by atoms with Gasteiger partial charge < -0.3 is 4.74 Å². The van der Waals surface area contributed by atoms with E-state index in [1.807, 2.05) is 30.3 Å². The molecule has 0 spiro atoms. The van der Waals surface area contributed by atoms with Crippen molar-refractivity contribution in [3.8, 4) is 5.88 Å². The second-order valence-corrected chi connectivity index (χ2v) is 6.72. The molecular formula is C15H17NO3S. The number of methoxy groups -OCH3 is 1. The van der Waals surface area contributed by atoms with Gasteiger partial charge in [0.25, 0.3) is 0 Å². The highest BCUT2D eigenvalue weighted by atomic mass is 32.2. The summed E-state index contributed by atoms with van der Waals surface area (Å²) in [6, 6.07) is 13.0. The predicted molar refractivity (Wildman–Crippen MR) is 78.4 cm³/mol. The first-order valence-electron chi connectivity index (χ1n) is 6.32. The molecular weight excluding hydrogens is 274 g/mol. The zero-order valence-corrected chi connectivity index (χ0v) is 12.1. The fraction of sp³-hybridized carbons (Fsp3) is 0.267. The average Bonchev–Trinajstić information content (AvgIpc) is 2.47. The van der Waals surface area contributed by atoms with Crippen LogP contribution >= 0.6 is 0 Å². The van der Waals surface area contributed by atoms with Crippen LogP contribution in [0.3, 0.4) is 0 Å². The maximum absolute atomic E-state index is 12.1. The Hall–Kier alpha value is -1.88. The molecule has 2 rings (SSSR count). The largest absolute Gasteiger partial charge is 0.481 e. The number of pyridine rings is 1. The van der Waals surface area contributed by atoms with E-state index in [1.54, 1.807) is 18.3 Å². The molecule has 0 saturated heterocycles. The van der Waals surface area contributed by atoms with Crippen molar-refractivity contribution in [2.45, 2.75) is 12.2 Å². The molecule has 0 fully saturated rings. The number of rotatable bonds is 6. The maximum atomic E-state index is 12.1. The topological polar surface area (TPSA) is 56.3 Å². The third kappa shape index (κ3) is 4.35. The molecule has 5 heteroatoms. The minimum atomic E-state index is -3.13. The van der Waals surface area contributed by atoms with Crippen LogP contribution < -0.4 is 4.74 Å². The smallest absolute Gasteiger partial charge is 0.212 e. The molecule has 20 heavy (non-hydrogen) atoms. The normalized spacial score (nSPS) is 11.2. The second kappa shape index (κ2) is 6.52. The van der Waals surface area contributed by atoms with Gasteiger partial charge in [0.05, 0.1) is 18.6 Å². The van der Waals surface area contributed by atoms with E-state index in [0.717, 1.165) is 5.56 Å². The monoisotopic (exact) mass is 291 g/mol. The van der Waals surface area contributed by atoms with Crippen molar-refractivity contribution >= 4 is 9.84 Å². The van der Waals surface area contributed by atoms with Gasteiger partial charge >= 0.3 is 0 Å². The van der Waals surface area contributed by atoms with E-state index < -0.39 is 9.84 Å². The van der Waals surface area contributed by atoms with E-state index in [0.29, 0.717) is 17.9 Å². The van der Waals surface area contributed by atoms with Gasteiger partial charge in [-0.2, -0.15) is 0 Å². The van der Waals surface area contributed by atoms with Gasteiger partial charge in [-0.15, -0.1) is 0 Å². The number of ether oxygens (including phenoxy) is 1. The summed E-state index contributed by atoms with van der Waals surface area (Å²) in [5, 5.41) is 0. The first kappa shape index (κ1) is 14.5. The number of sulfone groups is 1. The molecule has 0 saturated carbocycles. The van der Waals surface area contributed by atoms with E-state index in [2.05, 4.69) is 4.98 Å². The highest BCUT2D eigenvalue weighted by Gasteiger charge is 2.12. The third-order valence-corrected chi connectivity index (χ3v) is 4.54. The number of aromatic nitrogens is 1. The van der Waals surface area contributed by atoms with Crippen molar-refractivity contribution in [1.29, 1.82) is 0 Å². The summed E-state index contributed by atoms with van der Waals surface area (Å²) in [6.45, 7) is 0. The Labute approximate surface area is 119 Å². The Morgan fingerprint density at radius 3 is 2.40 bits per heavy atom. The van der Waals surface area contributed by atoms with Gasteiger partial charge in [0, 0.05) is 12.3 Å². The Morgan fingerprint density at radius 2 is 1.80 bits per heavy atom. The quantitative estimate of drug-likeness (QED) is 0.819. The van der Waals surface area contributed by atoms with Crippen molar-refractivity contribution in [2.24, 2.45) is 0 Å². The summed E-state index contributed by atoms with van der Waals surface area (Å²) >= 11 is 0. The average molecular weight is 291 g/mol. The molecule has 1 heterocycles. The molecule has 0 aliphatic rings. The molecule has 2 aromatic rings. The van der Waals surface area contributed by atoms with Crippen LogP contribution in [-0.2, 0) is 22.0 Å². The molecule has 4 nitrogen and oxygen atoms in total. The van der Waals surface area contributed by atoms with Crippen molar-refractivity contribution in [1.82, 2.24) is 4.98 Å². The number of aryl methyl sites for hydroxylation is 1. The molecule has 1 aromatic carbocycles. The predicted octanol–water partition coefficient (Wildman–Crippen LogP) is 2.25. The minimum absolute atomic E-state index is 0.0107. The van der Waals surface area contributed by atoms with E-state index in [4.69, 9.17) is 4.74 Å². The lowest BCUT2D eigenvalue weighted by atomic mass is 10.2. The number of hydrogen-bond donors (Lipinski definition) is 0. The van der Waals surface area contributed by atoms with Gasteiger partial charge in [0.15, 0.2) is 9.84 Å². The van der Waals surface area contributed by atoms with E-state index in [1.165, 1.54) is 7.11 Å². The molecule has 0 amide bonds. The Bertz CT molecular complexity index is 637. The van der Waals surface area contributed by atoms with Gasteiger partial charge in [-0.25, -0.2) is 13.4 Å². The van der Waals surface area contributed by atoms with Crippen LogP contribution in [0.5, 0.6) is 5.88 Å². The number of benzene rings is 1. The summed E-state index contributed by atoms with van der Waals surface area (Å²) < 4.78 is 29.1. The maximum Gasteiger partial charge on any atom is 0.212 e. The van der Waals surface area contributed by atoms with Crippen LogP contribution in [0.2, 0.25) is 0 Å². The minimum Gasteiger partial charge on any atom is -0.481 e. The summed E-state index contributed by atoms with van der Waals surface area (Å²) in [4.78, 5) is 4.01. The lowest BCUT2D eigenvalue weighted by Gasteiger charge is -2.05. The Kier molecular flexibility index (Phi) is 4.74. The van der Waals surface area contributed by atoms with Crippen LogP contribution in [0.4, 0.5) is 0 Å². The van der Waals surface area contributed by atoms with E-state index in [-0.39, 0.29) is 11.5 Å². The number of hydrogen-bond acceptors (Lipinski definition) is 4. The van der Waals surface area contributed by atoms with Crippen LogP contribution in [0.25, 0.3) is 0 Å². The van der Waals surface area contributed by atoms with E-state index >= 15 is 0 Å². The van der Waals surface area contributed by atoms with Gasteiger partial charge in [0.1, 0.15) is 0 Å². The van der Waals surface area contributed by atoms with Gasteiger partial charge in [-0.3, -0.25) is 0 Å². The summed E-state index contributed by atoms with van der Waals surface area (Å²) in [6.07, 6.45) is 2.08. The van der Waals surface area contributed by atoms with Crippen LogP contribution in [-0.4, -0.2) is 26.3 Å². The Morgan fingerprint density at radius 1 is 1.05 bits per heavy atom. The zero-order chi connectivity index (χ0) is 14.4. The third-order valence-electron chi connectivity index (χ3n) is 2.94. The molecule has 0 aliphatic heterocycles. The van der Waals surface area contributed by atoms with E-state index in [9.17, 15) is 8.42 Å². The fourth-order valence-electron chi connectivity index (χ4n) is 1.86. The molecule has 1 aromatic heterocycles. The van der Waals surface area contributed by atoms with Crippen LogP contribution in [0.15, 0.2) is 48.7 Å². The molecule has 0 atom stereocenters. The van der Waals surface area contributed by atoms with Crippen molar-refractivity contribution < 1.29 is 13.2 Å². The lowest BCUT2D eigenvalue weighted by Crippen LogP contribution is -2.11. The summed E-state index contributed by atoms with van der Waals surface area (Å²) in [5.41, 5.74) is 1.71. The second-order valence-electron chi connectivity index (χ2n) is 4.54. The van der Waals surface area contributed by atoms with Crippen molar-refractivity contribution in [3.63, 3.8) is 0 Å². The van der Waals surface area contributed by atoms with Gasteiger partial charge in [0.2, 0.25) is 5.88 Å². The fourth-order valence-corrected chi connectivity index (χ4v) is 3.23. The molecule has 0 unspecified atom stereocenters. The first-order chi connectivity index (χ1) is 9.59. The van der Waals surface area contributed by atoms with Gasteiger partial charge in [-0.05, 0) is 17.5 Å². The zero-order valence-electron chi connectivity index (χ0n) is 11.3. The highest BCUT2D eigenvalue weighted by Crippen LogP contribution is 2.11. The molecule has 0 radical (unpaired) electrons.